The van der Waals surface area contributed by atoms with Crippen LogP contribution in [0.3, 0.4) is 0 Å². The van der Waals surface area contributed by atoms with E-state index in [-0.39, 0.29) is 0 Å². The zero-order valence-electron chi connectivity index (χ0n) is 10.4. The molecular weight excluding hydrogens is 241 g/mol. The minimum atomic E-state index is -0.853. The Morgan fingerprint density at radius 2 is 2.05 bits per heavy atom. The molecular formula is C14H14BNO3+. The van der Waals surface area contributed by atoms with Crippen molar-refractivity contribution >= 4 is 12.6 Å². The molecule has 0 bridgehead atoms. The van der Waals surface area contributed by atoms with Crippen LogP contribution in [0.25, 0.3) is 0 Å². The van der Waals surface area contributed by atoms with E-state index < -0.39 is 7.12 Å². The molecule has 5 heteroatoms. The highest BCUT2D eigenvalue weighted by Gasteiger charge is 2.27. The Morgan fingerprint density at radius 1 is 1.21 bits per heavy atom. The number of fused-ring (bicyclic) bond motifs is 1. The molecule has 1 aliphatic heterocycles. The van der Waals surface area contributed by atoms with Crippen molar-refractivity contribution in [1.29, 1.82) is 0 Å². The first-order valence-corrected chi connectivity index (χ1v) is 6.15. The predicted molar refractivity (Wildman–Crippen MR) is 71.0 cm³/mol. The van der Waals surface area contributed by atoms with Crippen LogP contribution in [0.5, 0.6) is 11.5 Å². The van der Waals surface area contributed by atoms with Crippen molar-refractivity contribution in [2.45, 2.75) is 13.2 Å². The van der Waals surface area contributed by atoms with E-state index in [0.717, 1.165) is 22.3 Å². The Morgan fingerprint density at radius 3 is 2.89 bits per heavy atom. The Kier molecular flexibility index (Phi) is 3.25. The molecule has 0 aliphatic carbocycles. The third-order valence-electron chi connectivity index (χ3n) is 3.15. The Bertz CT molecular complexity index is 603. The van der Waals surface area contributed by atoms with Gasteiger partial charge in [0.2, 0.25) is 0 Å². The lowest BCUT2D eigenvalue weighted by atomic mass is 9.79. The zero-order chi connectivity index (χ0) is 13.2. The van der Waals surface area contributed by atoms with Crippen LogP contribution >= 0.6 is 0 Å². The van der Waals surface area contributed by atoms with Crippen LogP contribution in [0, 0.1) is 0 Å². The molecule has 1 radical (unpaired) electrons. The summed E-state index contributed by atoms with van der Waals surface area (Å²) in [5.41, 5.74) is 8.38. The number of hydrogen-bond donors (Lipinski definition) is 2. The van der Waals surface area contributed by atoms with Crippen molar-refractivity contribution < 1.29 is 20.1 Å². The summed E-state index contributed by atoms with van der Waals surface area (Å²) >= 11 is 0. The van der Waals surface area contributed by atoms with E-state index in [4.69, 9.17) is 15.1 Å². The van der Waals surface area contributed by atoms with Crippen LogP contribution in [0.1, 0.15) is 11.1 Å². The summed E-state index contributed by atoms with van der Waals surface area (Å²) in [6.07, 6.45) is 0. The molecule has 4 nitrogen and oxygen atoms in total. The Hall–Kier alpha value is -1.82. The molecule has 2 aromatic rings. The van der Waals surface area contributed by atoms with E-state index in [1.807, 2.05) is 42.5 Å². The first-order chi connectivity index (χ1) is 9.26. The molecule has 0 amide bonds. The van der Waals surface area contributed by atoms with Gasteiger partial charge in [0.25, 0.3) is 0 Å². The molecule has 0 spiro atoms. The van der Waals surface area contributed by atoms with Gasteiger partial charge in [-0.1, -0.05) is 18.2 Å². The minimum absolute atomic E-state index is 0.444. The second-order valence-electron chi connectivity index (χ2n) is 4.48. The third kappa shape index (κ3) is 2.49. The predicted octanol–water partition coefficient (Wildman–Crippen LogP) is 0.224. The van der Waals surface area contributed by atoms with Gasteiger partial charge in [-0.25, -0.2) is 0 Å². The van der Waals surface area contributed by atoms with Crippen molar-refractivity contribution in [3.05, 3.63) is 53.6 Å². The molecule has 0 saturated heterocycles. The first kappa shape index (κ1) is 12.2. The summed E-state index contributed by atoms with van der Waals surface area (Å²) in [5.74, 6) is 1.41. The molecule has 2 aromatic carbocycles. The van der Waals surface area contributed by atoms with Gasteiger partial charge in [-0.05, 0) is 35.3 Å². The molecule has 0 fully saturated rings. The van der Waals surface area contributed by atoms with Gasteiger partial charge in [-0.3, -0.25) is 0 Å². The van der Waals surface area contributed by atoms with Crippen molar-refractivity contribution in [3.8, 4) is 11.5 Å². The molecule has 1 heterocycles. The van der Waals surface area contributed by atoms with Crippen LogP contribution in [-0.2, 0) is 17.8 Å². The normalized spacial score (nSPS) is 13.5. The zero-order valence-corrected chi connectivity index (χ0v) is 10.4. The average Bonchev–Trinajstić information content (AvgIpc) is 2.80. The maximum atomic E-state index is 9.66. The fourth-order valence-corrected chi connectivity index (χ4v) is 2.13. The van der Waals surface area contributed by atoms with Crippen molar-refractivity contribution in [1.82, 2.24) is 0 Å². The Balaban J connectivity index is 1.85. The van der Waals surface area contributed by atoms with E-state index in [1.54, 1.807) is 0 Å². The van der Waals surface area contributed by atoms with E-state index >= 15 is 0 Å². The van der Waals surface area contributed by atoms with Crippen molar-refractivity contribution in [2.24, 2.45) is 0 Å². The molecule has 19 heavy (non-hydrogen) atoms. The first-order valence-electron chi connectivity index (χ1n) is 6.15. The van der Waals surface area contributed by atoms with Crippen LogP contribution in [0.2, 0.25) is 0 Å². The molecule has 0 unspecified atom stereocenters. The van der Waals surface area contributed by atoms with Gasteiger partial charge in [0.15, 0.2) is 0 Å². The number of nitrogens with two attached hydrogens (primary N) is 1. The second-order valence-corrected chi connectivity index (χ2v) is 4.48. The summed E-state index contributed by atoms with van der Waals surface area (Å²) in [6.45, 7) is 0.924. The van der Waals surface area contributed by atoms with Crippen LogP contribution in [0.4, 0.5) is 0 Å². The van der Waals surface area contributed by atoms with Gasteiger partial charge in [0.1, 0.15) is 18.0 Å². The fourth-order valence-electron chi connectivity index (χ4n) is 2.13. The lowest BCUT2D eigenvalue weighted by Gasteiger charge is -2.08. The third-order valence-corrected chi connectivity index (χ3v) is 3.15. The quantitative estimate of drug-likeness (QED) is 0.771. The molecule has 95 valence electrons. The van der Waals surface area contributed by atoms with Crippen LogP contribution in [-0.4, -0.2) is 12.1 Å². The Labute approximate surface area is 111 Å². The fraction of sp³-hybridized carbons (Fsp3) is 0.143. The summed E-state index contributed by atoms with van der Waals surface area (Å²) in [6, 6.07) is 13.2. The average molecular weight is 255 g/mol. The van der Waals surface area contributed by atoms with E-state index in [1.165, 1.54) is 0 Å². The minimum Gasteiger partial charge on any atom is -0.457 e. The van der Waals surface area contributed by atoms with Crippen molar-refractivity contribution in [3.63, 3.8) is 0 Å². The smallest absolute Gasteiger partial charge is 0.457 e. The number of hydrogen-bond acceptors (Lipinski definition) is 4. The summed E-state index contributed by atoms with van der Waals surface area (Å²) in [7, 11) is -0.853. The molecule has 0 aromatic heterocycles. The highest BCUT2D eigenvalue weighted by molar-refractivity contribution is 6.61. The summed E-state index contributed by atoms with van der Waals surface area (Å²) < 4.78 is 10.9. The van der Waals surface area contributed by atoms with Crippen molar-refractivity contribution in [2.75, 3.05) is 0 Å². The molecule has 0 saturated carbocycles. The van der Waals surface area contributed by atoms with Gasteiger partial charge in [-0.15, -0.1) is 0 Å². The molecule has 3 rings (SSSR count). The SMILES string of the molecule is [NH2+]Cc1cccc(Oc2ccc3c(c2)B(O)OC3)c1. The molecule has 1 aliphatic rings. The van der Waals surface area contributed by atoms with Gasteiger partial charge >= 0.3 is 7.12 Å². The van der Waals surface area contributed by atoms with Gasteiger partial charge < -0.3 is 14.4 Å². The number of ether oxygens (including phenoxy) is 1. The van der Waals surface area contributed by atoms with Gasteiger partial charge in [0, 0.05) is 5.56 Å². The largest absolute Gasteiger partial charge is 0.491 e. The van der Waals surface area contributed by atoms with Gasteiger partial charge in [0.05, 0.1) is 6.61 Å². The van der Waals surface area contributed by atoms with Crippen LogP contribution in [0.15, 0.2) is 42.5 Å². The van der Waals surface area contributed by atoms with E-state index in [0.29, 0.717) is 18.9 Å². The standard InChI is InChI=1S/C14H14BNO3/c16-8-10-2-1-3-12(6-10)19-13-5-4-11-9-18-15(17)14(11)7-13/h1-7,17H,8-9,16H2/q+1. The van der Waals surface area contributed by atoms with E-state index in [2.05, 4.69) is 0 Å². The number of benzene rings is 2. The molecule has 0 atom stereocenters. The lowest BCUT2D eigenvalue weighted by Crippen LogP contribution is -2.47. The monoisotopic (exact) mass is 255 g/mol. The van der Waals surface area contributed by atoms with Crippen LogP contribution < -0.4 is 15.9 Å². The lowest BCUT2D eigenvalue weighted by molar-refractivity contribution is -0.386. The van der Waals surface area contributed by atoms with E-state index in [9.17, 15) is 5.02 Å². The highest BCUT2D eigenvalue weighted by atomic mass is 16.5. The summed E-state index contributed by atoms with van der Waals surface area (Å²) in [4.78, 5) is 0. The summed E-state index contributed by atoms with van der Waals surface area (Å²) in [5, 5.41) is 9.66. The maximum absolute atomic E-state index is 9.66. The molecule has 3 N–H and O–H groups in total. The van der Waals surface area contributed by atoms with Gasteiger partial charge in [-0.2, -0.15) is 5.73 Å². The highest BCUT2D eigenvalue weighted by Crippen LogP contribution is 2.23. The maximum Gasteiger partial charge on any atom is 0.491 e. The second kappa shape index (κ2) is 5.05. The topological polar surface area (TPSA) is 64.0 Å². The number of rotatable bonds is 3.